The molecule has 1 atom stereocenters. The number of nitrogens with zero attached hydrogens (tertiary/aromatic N) is 1. The molecule has 1 heterocycles. The summed E-state index contributed by atoms with van der Waals surface area (Å²) in [4.78, 5) is 2.46. The maximum Gasteiger partial charge on any atom is 0.0431 e. The van der Waals surface area contributed by atoms with Crippen LogP contribution in [0.2, 0.25) is 0 Å². The van der Waals surface area contributed by atoms with E-state index in [9.17, 15) is 0 Å². The van der Waals surface area contributed by atoms with Gasteiger partial charge in [0.2, 0.25) is 0 Å². The standard InChI is InChI=1S/C14H22N2O/c1-11-13(15)7-2-8-14(11)16-9-3-5-12(16)6-4-10-17/h2,7-8,12,17H,3-6,9-10,15H2,1H3. The van der Waals surface area contributed by atoms with E-state index in [1.165, 1.54) is 24.1 Å². The highest BCUT2D eigenvalue weighted by Gasteiger charge is 2.25. The summed E-state index contributed by atoms with van der Waals surface area (Å²) in [6.07, 6.45) is 4.44. The summed E-state index contributed by atoms with van der Waals surface area (Å²) in [5, 5.41) is 8.94. The van der Waals surface area contributed by atoms with Gasteiger partial charge in [-0.1, -0.05) is 6.07 Å². The minimum absolute atomic E-state index is 0.292. The van der Waals surface area contributed by atoms with Gasteiger partial charge < -0.3 is 15.7 Å². The van der Waals surface area contributed by atoms with Crippen LogP contribution < -0.4 is 10.6 Å². The van der Waals surface area contributed by atoms with Crippen molar-refractivity contribution in [1.29, 1.82) is 0 Å². The lowest BCUT2D eigenvalue weighted by atomic mass is 10.1. The zero-order valence-corrected chi connectivity index (χ0v) is 10.5. The normalized spacial score (nSPS) is 19.9. The molecule has 1 aromatic carbocycles. The van der Waals surface area contributed by atoms with E-state index >= 15 is 0 Å². The average Bonchev–Trinajstić information content (AvgIpc) is 2.78. The monoisotopic (exact) mass is 234 g/mol. The third kappa shape index (κ3) is 2.55. The van der Waals surface area contributed by atoms with E-state index in [0.29, 0.717) is 12.6 Å². The molecule has 0 spiro atoms. The third-order valence-corrected chi connectivity index (χ3v) is 3.73. The first-order valence-corrected chi connectivity index (χ1v) is 6.46. The first-order chi connectivity index (χ1) is 8.24. The van der Waals surface area contributed by atoms with Gasteiger partial charge in [0.1, 0.15) is 0 Å². The highest BCUT2D eigenvalue weighted by Crippen LogP contribution is 2.32. The molecule has 0 aromatic heterocycles. The van der Waals surface area contributed by atoms with Crippen LogP contribution in [-0.2, 0) is 0 Å². The largest absolute Gasteiger partial charge is 0.398 e. The Hall–Kier alpha value is -1.22. The second kappa shape index (κ2) is 5.41. The molecule has 1 aliphatic heterocycles. The van der Waals surface area contributed by atoms with Gasteiger partial charge in [0.15, 0.2) is 0 Å². The van der Waals surface area contributed by atoms with E-state index in [1.54, 1.807) is 0 Å². The molecule has 3 nitrogen and oxygen atoms in total. The Morgan fingerprint density at radius 1 is 1.47 bits per heavy atom. The Kier molecular flexibility index (Phi) is 3.89. The van der Waals surface area contributed by atoms with Gasteiger partial charge in [0, 0.05) is 30.6 Å². The minimum atomic E-state index is 0.292. The lowest BCUT2D eigenvalue weighted by Gasteiger charge is -2.28. The van der Waals surface area contributed by atoms with Gasteiger partial charge in [-0.2, -0.15) is 0 Å². The average molecular weight is 234 g/mol. The van der Waals surface area contributed by atoms with Crippen LogP contribution in [0, 0.1) is 6.92 Å². The molecule has 0 saturated carbocycles. The van der Waals surface area contributed by atoms with Crippen molar-refractivity contribution in [2.24, 2.45) is 0 Å². The van der Waals surface area contributed by atoms with Gasteiger partial charge in [-0.15, -0.1) is 0 Å². The van der Waals surface area contributed by atoms with Crippen molar-refractivity contribution in [3.63, 3.8) is 0 Å². The van der Waals surface area contributed by atoms with Crippen LogP contribution >= 0.6 is 0 Å². The lowest BCUT2D eigenvalue weighted by Crippen LogP contribution is -2.30. The highest BCUT2D eigenvalue weighted by atomic mass is 16.2. The van der Waals surface area contributed by atoms with E-state index < -0.39 is 0 Å². The Labute approximate surface area is 103 Å². The maximum atomic E-state index is 8.94. The number of aliphatic hydroxyl groups is 1. The van der Waals surface area contributed by atoms with Crippen LogP contribution in [0.15, 0.2) is 18.2 Å². The Bertz CT molecular complexity index is 378. The Morgan fingerprint density at radius 2 is 2.29 bits per heavy atom. The topological polar surface area (TPSA) is 49.5 Å². The van der Waals surface area contributed by atoms with Crippen LogP contribution in [0.25, 0.3) is 0 Å². The molecular weight excluding hydrogens is 212 g/mol. The number of hydrogen-bond donors (Lipinski definition) is 2. The number of benzene rings is 1. The number of nitrogens with two attached hydrogens (primary N) is 1. The summed E-state index contributed by atoms with van der Waals surface area (Å²) >= 11 is 0. The minimum Gasteiger partial charge on any atom is -0.398 e. The fraction of sp³-hybridized carbons (Fsp3) is 0.571. The van der Waals surface area contributed by atoms with Crippen molar-refractivity contribution >= 4 is 11.4 Å². The third-order valence-electron chi connectivity index (χ3n) is 3.73. The number of rotatable bonds is 4. The van der Waals surface area contributed by atoms with E-state index in [0.717, 1.165) is 25.1 Å². The molecule has 2 rings (SSSR count). The summed E-state index contributed by atoms with van der Waals surface area (Å²) in [6.45, 7) is 3.49. The molecule has 3 N–H and O–H groups in total. The number of nitrogen functional groups attached to an aromatic ring is 1. The summed E-state index contributed by atoms with van der Waals surface area (Å²) in [5.41, 5.74) is 9.29. The van der Waals surface area contributed by atoms with Gasteiger partial charge in [-0.05, 0) is 50.3 Å². The van der Waals surface area contributed by atoms with Crippen molar-refractivity contribution in [2.45, 2.75) is 38.6 Å². The molecule has 1 fully saturated rings. The van der Waals surface area contributed by atoms with Gasteiger partial charge in [-0.25, -0.2) is 0 Å². The van der Waals surface area contributed by atoms with Crippen molar-refractivity contribution in [2.75, 3.05) is 23.8 Å². The molecular formula is C14H22N2O. The molecule has 3 heteroatoms. The van der Waals surface area contributed by atoms with Crippen molar-refractivity contribution in [3.8, 4) is 0 Å². The molecule has 0 amide bonds. The lowest BCUT2D eigenvalue weighted by molar-refractivity contribution is 0.279. The molecule has 1 saturated heterocycles. The number of aliphatic hydroxyl groups excluding tert-OH is 1. The van der Waals surface area contributed by atoms with Crippen LogP contribution in [0.3, 0.4) is 0 Å². The molecule has 0 radical (unpaired) electrons. The van der Waals surface area contributed by atoms with Crippen LogP contribution in [-0.4, -0.2) is 24.3 Å². The SMILES string of the molecule is Cc1c(N)cccc1N1CCCC1CCCO. The van der Waals surface area contributed by atoms with Crippen molar-refractivity contribution in [1.82, 2.24) is 0 Å². The van der Waals surface area contributed by atoms with E-state index in [4.69, 9.17) is 10.8 Å². The summed E-state index contributed by atoms with van der Waals surface area (Å²) in [5.74, 6) is 0. The Balaban J connectivity index is 2.17. The second-order valence-electron chi connectivity index (χ2n) is 4.85. The molecule has 1 unspecified atom stereocenters. The summed E-state index contributed by atoms with van der Waals surface area (Å²) < 4.78 is 0. The zero-order valence-electron chi connectivity index (χ0n) is 10.5. The van der Waals surface area contributed by atoms with Crippen LogP contribution in [0.4, 0.5) is 11.4 Å². The van der Waals surface area contributed by atoms with Crippen LogP contribution in [0.5, 0.6) is 0 Å². The summed E-state index contributed by atoms with van der Waals surface area (Å²) in [6, 6.07) is 6.71. The predicted octanol–water partition coefficient (Wildman–Crippen LogP) is 2.32. The fourth-order valence-electron chi connectivity index (χ4n) is 2.73. The van der Waals surface area contributed by atoms with E-state index in [2.05, 4.69) is 17.9 Å². The maximum absolute atomic E-state index is 8.94. The molecule has 1 aromatic rings. The van der Waals surface area contributed by atoms with Crippen molar-refractivity contribution < 1.29 is 5.11 Å². The van der Waals surface area contributed by atoms with Gasteiger partial charge >= 0.3 is 0 Å². The molecule has 0 bridgehead atoms. The van der Waals surface area contributed by atoms with Gasteiger partial charge in [0.25, 0.3) is 0 Å². The zero-order chi connectivity index (χ0) is 12.3. The smallest absolute Gasteiger partial charge is 0.0431 e. The first-order valence-electron chi connectivity index (χ1n) is 6.46. The number of anilines is 2. The fourth-order valence-corrected chi connectivity index (χ4v) is 2.73. The predicted molar refractivity (Wildman–Crippen MR) is 72.3 cm³/mol. The molecule has 0 aliphatic carbocycles. The van der Waals surface area contributed by atoms with E-state index in [-0.39, 0.29) is 0 Å². The summed E-state index contributed by atoms with van der Waals surface area (Å²) in [7, 11) is 0. The Morgan fingerprint density at radius 3 is 3.06 bits per heavy atom. The molecule has 17 heavy (non-hydrogen) atoms. The molecule has 1 aliphatic rings. The van der Waals surface area contributed by atoms with Gasteiger partial charge in [-0.3, -0.25) is 0 Å². The molecule has 94 valence electrons. The highest BCUT2D eigenvalue weighted by molar-refractivity contribution is 5.64. The second-order valence-corrected chi connectivity index (χ2v) is 4.85. The van der Waals surface area contributed by atoms with E-state index in [1.807, 2.05) is 12.1 Å². The van der Waals surface area contributed by atoms with Crippen molar-refractivity contribution in [3.05, 3.63) is 23.8 Å². The first kappa shape index (κ1) is 12.2. The van der Waals surface area contributed by atoms with Crippen LogP contribution in [0.1, 0.15) is 31.2 Å². The quantitative estimate of drug-likeness (QED) is 0.786. The number of hydrogen-bond acceptors (Lipinski definition) is 3. The van der Waals surface area contributed by atoms with Gasteiger partial charge in [0.05, 0.1) is 0 Å².